The molecule has 0 aromatic rings. The van der Waals surface area contributed by atoms with Gasteiger partial charge in [0.1, 0.15) is 0 Å². The Morgan fingerprint density at radius 2 is 2.38 bits per heavy atom. The van der Waals surface area contributed by atoms with E-state index in [9.17, 15) is 0 Å². The number of nitriles is 1. The average Bonchev–Trinajstić information content (AvgIpc) is 1.83. The van der Waals surface area contributed by atoms with Gasteiger partial charge in [0.25, 0.3) is 0 Å². The SMILES string of the molecule is [CH2]SCCC(=C)C#N. The van der Waals surface area contributed by atoms with Crippen molar-refractivity contribution in [3.05, 3.63) is 18.4 Å². The van der Waals surface area contributed by atoms with E-state index in [0.717, 1.165) is 12.2 Å². The lowest BCUT2D eigenvalue weighted by Crippen LogP contribution is -1.77. The summed E-state index contributed by atoms with van der Waals surface area (Å²) >= 11 is 1.48. The summed E-state index contributed by atoms with van der Waals surface area (Å²) in [6.07, 6.45) is 4.33. The van der Waals surface area contributed by atoms with Crippen LogP contribution in [0.5, 0.6) is 0 Å². The van der Waals surface area contributed by atoms with Gasteiger partial charge < -0.3 is 0 Å². The van der Waals surface area contributed by atoms with Crippen LogP contribution < -0.4 is 0 Å². The van der Waals surface area contributed by atoms with E-state index >= 15 is 0 Å². The Morgan fingerprint density at radius 1 is 1.75 bits per heavy atom. The van der Waals surface area contributed by atoms with E-state index in [4.69, 9.17) is 5.26 Å². The minimum absolute atomic E-state index is 0.640. The Bertz CT molecular complexity index is 112. The van der Waals surface area contributed by atoms with Crippen LogP contribution >= 0.6 is 11.8 Å². The molecule has 0 aromatic carbocycles. The Balaban J connectivity index is 3.16. The van der Waals surface area contributed by atoms with Crippen LogP contribution in [0.4, 0.5) is 0 Å². The van der Waals surface area contributed by atoms with Gasteiger partial charge in [-0.2, -0.15) is 17.0 Å². The molecule has 1 radical (unpaired) electrons. The van der Waals surface area contributed by atoms with Crippen LogP contribution in [-0.4, -0.2) is 5.75 Å². The van der Waals surface area contributed by atoms with Crippen molar-refractivity contribution in [2.24, 2.45) is 0 Å². The Labute approximate surface area is 54.4 Å². The molecule has 43 valence electrons. The molecule has 0 unspecified atom stereocenters. The fraction of sp³-hybridized carbons (Fsp3) is 0.333. The molecule has 1 nitrogen and oxygen atoms in total. The first-order chi connectivity index (χ1) is 3.81. The molecular weight excluding hydrogens is 118 g/mol. The van der Waals surface area contributed by atoms with Crippen LogP contribution in [0.1, 0.15) is 6.42 Å². The van der Waals surface area contributed by atoms with Gasteiger partial charge in [-0.05, 0) is 12.2 Å². The molecule has 0 aliphatic rings. The van der Waals surface area contributed by atoms with Crippen molar-refractivity contribution in [3.8, 4) is 6.07 Å². The summed E-state index contributed by atoms with van der Waals surface area (Å²) in [7, 11) is 0. The maximum Gasteiger partial charge on any atom is 0.0941 e. The second-order valence-electron chi connectivity index (χ2n) is 1.37. The van der Waals surface area contributed by atoms with Crippen molar-refractivity contribution in [3.63, 3.8) is 0 Å². The van der Waals surface area contributed by atoms with E-state index in [-0.39, 0.29) is 0 Å². The van der Waals surface area contributed by atoms with E-state index < -0.39 is 0 Å². The van der Waals surface area contributed by atoms with Crippen molar-refractivity contribution in [1.82, 2.24) is 0 Å². The maximum atomic E-state index is 8.18. The van der Waals surface area contributed by atoms with Crippen LogP contribution in [0.3, 0.4) is 0 Å². The highest BCUT2D eigenvalue weighted by Gasteiger charge is 1.87. The summed E-state index contributed by atoms with van der Waals surface area (Å²) in [5.74, 6) is 0.895. The lowest BCUT2D eigenvalue weighted by molar-refractivity contribution is 1.18. The lowest BCUT2D eigenvalue weighted by Gasteiger charge is -1.89. The first-order valence-electron chi connectivity index (χ1n) is 2.26. The third-order valence-corrected chi connectivity index (χ3v) is 1.20. The Morgan fingerprint density at radius 3 is 2.75 bits per heavy atom. The highest BCUT2D eigenvalue weighted by Crippen LogP contribution is 2.03. The van der Waals surface area contributed by atoms with Crippen LogP contribution in [0.2, 0.25) is 0 Å². The number of thioether (sulfide) groups is 1. The molecule has 0 fully saturated rings. The van der Waals surface area contributed by atoms with E-state index in [1.54, 1.807) is 0 Å². The summed E-state index contributed by atoms with van der Waals surface area (Å²) in [6, 6.07) is 1.96. The highest BCUT2D eigenvalue weighted by atomic mass is 32.2. The number of nitrogens with zero attached hydrogens (tertiary/aromatic N) is 1. The topological polar surface area (TPSA) is 23.8 Å². The standard InChI is InChI=1S/C6H8NS/c1-6(5-7)3-4-8-2/h1-4H2. The molecule has 0 aliphatic carbocycles. The Kier molecular flexibility index (Phi) is 4.48. The molecule has 0 amide bonds. The molecule has 0 spiro atoms. The first-order valence-corrected chi connectivity index (χ1v) is 3.41. The molecule has 0 saturated carbocycles. The molecular formula is C6H8NS. The molecule has 0 atom stereocenters. The van der Waals surface area contributed by atoms with Crippen molar-refractivity contribution in [2.45, 2.75) is 6.42 Å². The summed E-state index contributed by atoms with van der Waals surface area (Å²) in [5, 5.41) is 8.18. The largest absolute Gasteiger partial charge is 0.193 e. The highest BCUT2D eigenvalue weighted by molar-refractivity contribution is 8.00. The normalized spacial score (nSPS) is 8.00. The number of allylic oxidation sites excluding steroid dienone is 1. The molecule has 0 saturated heterocycles. The summed E-state index contributed by atoms with van der Waals surface area (Å²) < 4.78 is 0. The summed E-state index contributed by atoms with van der Waals surface area (Å²) in [6.45, 7) is 3.51. The lowest BCUT2D eigenvalue weighted by atomic mass is 10.3. The van der Waals surface area contributed by atoms with Gasteiger partial charge in [-0.3, -0.25) is 0 Å². The van der Waals surface area contributed by atoms with Crippen LogP contribution in [0, 0.1) is 17.6 Å². The van der Waals surface area contributed by atoms with Crippen molar-refractivity contribution >= 4 is 11.8 Å². The molecule has 0 heterocycles. The van der Waals surface area contributed by atoms with Gasteiger partial charge in [0, 0.05) is 11.8 Å². The third-order valence-electron chi connectivity index (χ3n) is 0.706. The fourth-order valence-electron chi connectivity index (χ4n) is 0.251. The van der Waals surface area contributed by atoms with E-state index in [2.05, 4.69) is 12.8 Å². The predicted molar refractivity (Wildman–Crippen MR) is 37.2 cm³/mol. The quantitative estimate of drug-likeness (QED) is 0.540. The molecule has 0 aliphatic heterocycles. The van der Waals surface area contributed by atoms with Gasteiger partial charge in [-0.25, -0.2) is 0 Å². The van der Waals surface area contributed by atoms with Gasteiger partial charge in [-0.1, -0.05) is 6.58 Å². The molecule has 0 bridgehead atoms. The number of hydrogen-bond donors (Lipinski definition) is 0. The third kappa shape index (κ3) is 3.76. The van der Waals surface area contributed by atoms with E-state index in [1.807, 2.05) is 6.07 Å². The van der Waals surface area contributed by atoms with Crippen molar-refractivity contribution < 1.29 is 0 Å². The van der Waals surface area contributed by atoms with E-state index in [0.29, 0.717) is 5.57 Å². The predicted octanol–water partition coefficient (Wildman–Crippen LogP) is 1.98. The summed E-state index contributed by atoms with van der Waals surface area (Å²) in [5.41, 5.74) is 0.640. The van der Waals surface area contributed by atoms with Gasteiger partial charge in [0.05, 0.1) is 6.07 Å². The van der Waals surface area contributed by atoms with Crippen molar-refractivity contribution in [2.75, 3.05) is 5.75 Å². The fourth-order valence-corrected chi connectivity index (χ4v) is 0.642. The molecule has 0 rings (SSSR count). The van der Waals surface area contributed by atoms with Crippen LogP contribution in [-0.2, 0) is 0 Å². The number of hydrogen-bond acceptors (Lipinski definition) is 2. The van der Waals surface area contributed by atoms with Crippen molar-refractivity contribution in [1.29, 1.82) is 5.26 Å². The molecule has 8 heavy (non-hydrogen) atoms. The van der Waals surface area contributed by atoms with Crippen LogP contribution in [0.15, 0.2) is 12.2 Å². The van der Waals surface area contributed by atoms with Gasteiger partial charge in [0.2, 0.25) is 0 Å². The van der Waals surface area contributed by atoms with Crippen LogP contribution in [0.25, 0.3) is 0 Å². The zero-order valence-corrected chi connectivity index (χ0v) is 5.50. The van der Waals surface area contributed by atoms with E-state index in [1.165, 1.54) is 11.8 Å². The minimum atomic E-state index is 0.640. The molecule has 0 aromatic heterocycles. The van der Waals surface area contributed by atoms with Gasteiger partial charge >= 0.3 is 0 Å². The second-order valence-corrected chi connectivity index (χ2v) is 2.19. The molecule has 2 heteroatoms. The number of rotatable bonds is 3. The van der Waals surface area contributed by atoms with Gasteiger partial charge in [-0.15, -0.1) is 0 Å². The smallest absolute Gasteiger partial charge is 0.0941 e. The zero-order valence-electron chi connectivity index (χ0n) is 4.68. The van der Waals surface area contributed by atoms with Gasteiger partial charge in [0.15, 0.2) is 0 Å². The minimum Gasteiger partial charge on any atom is -0.193 e. The molecule has 0 N–H and O–H groups in total. The monoisotopic (exact) mass is 126 g/mol. The first kappa shape index (κ1) is 7.58. The summed E-state index contributed by atoms with van der Waals surface area (Å²) in [4.78, 5) is 0. The average molecular weight is 126 g/mol. The second kappa shape index (κ2) is 4.73. The Hall–Kier alpha value is -0.420. The maximum absolute atomic E-state index is 8.18. The zero-order chi connectivity index (χ0) is 6.41.